The quantitative estimate of drug-likeness (QED) is 0.516. The Morgan fingerprint density at radius 2 is 1.64 bits per heavy atom. The lowest BCUT2D eigenvalue weighted by atomic mass is 10.2. The molecule has 0 atom stereocenters. The van der Waals surface area contributed by atoms with Crippen LogP contribution in [0, 0.1) is 0 Å². The van der Waals surface area contributed by atoms with Gasteiger partial charge in [0.1, 0.15) is 12.4 Å². The number of benzene rings is 2. The Morgan fingerprint density at radius 1 is 0.964 bits per heavy atom. The second-order valence-electron chi connectivity index (χ2n) is 6.49. The van der Waals surface area contributed by atoms with E-state index in [0.717, 1.165) is 5.56 Å². The van der Waals surface area contributed by atoms with Crippen molar-refractivity contribution in [2.24, 2.45) is 7.05 Å². The zero-order chi connectivity index (χ0) is 19.5. The number of fused-ring (bicyclic) bond motifs is 1. The first-order valence-corrected chi connectivity index (χ1v) is 9.01. The van der Waals surface area contributed by atoms with Crippen LogP contribution in [0.3, 0.4) is 0 Å². The summed E-state index contributed by atoms with van der Waals surface area (Å²) in [6.07, 6.45) is 1.60. The highest BCUT2D eigenvalue weighted by Crippen LogP contribution is 2.10. The third-order valence-corrected chi connectivity index (χ3v) is 4.62. The maximum absolute atomic E-state index is 13.0. The Kier molecular flexibility index (Phi) is 4.80. The molecule has 0 saturated carbocycles. The van der Waals surface area contributed by atoms with E-state index < -0.39 is 5.69 Å². The van der Waals surface area contributed by atoms with Gasteiger partial charge >= 0.3 is 5.69 Å². The molecule has 0 fully saturated rings. The fourth-order valence-corrected chi connectivity index (χ4v) is 3.19. The second kappa shape index (κ2) is 7.56. The maximum Gasteiger partial charge on any atom is 0.332 e. The molecule has 2 heterocycles. The molecule has 0 aliphatic heterocycles. The first-order valence-electron chi connectivity index (χ1n) is 9.01. The van der Waals surface area contributed by atoms with Crippen LogP contribution in [0.15, 0.2) is 76.6 Å². The molecule has 0 aliphatic rings. The molecule has 0 N–H and O–H groups in total. The summed E-state index contributed by atoms with van der Waals surface area (Å²) in [5.74, 6) is 0.697. The van der Waals surface area contributed by atoms with Crippen molar-refractivity contribution >= 4 is 11.2 Å². The van der Waals surface area contributed by atoms with Gasteiger partial charge in [0.15, 0.2) is 11.2 Å². The number of aryl methyl sites for hydroxylation is 1. The monoisotopic (exact) mass is 376 g/mol. The highest BCUT2D eigenvalue weighted by Gasteiger charge is 2.16. The van der Waals surface area contributed by atoms with Crippen LogP contribution >= 0.6 is 0 Å². The summed E-state index contributed by atoms with van der Waals surface area (Å²) in [4.78, 5) is 30.0. The molecule has 4 aromatic rings. The van der Waals surface area contributed by atoms with E-state index in [1.807, 2.05) is 60.7 Å². The Labute approximate surface area is 161 Å². The molecule has 0 aliphatic carbocycles. The summed E-state index contributed by atoms with van der Waals surface area (Å²) in [6, 6.07) is 19.1. The van der Waals surface area contributed by atoms with Crippen molar-refractivity contribution < 1.29 is 4.74 Å². The third-order valence-electron chi connectivity index (χ3n) is 4.62. The van der Waals surface area contributed by atoms with Crippen LogP contribution < -0.4 is 16.0 Å². The van der Waals surface area contributed by atoms with Crippen LogP contribution in [0.4, 0.5) is 0 Å². The molecule has 142 valence electrons. The minimum atomic E-state index is -0.404. The summed E-state index contributed by atoms with van der Waals surface area (Å²) in [6.45, 7) is 0.885. The van der Waals surface area contributed by atoms with Crippen molar-refractivity contribution in [1.82, 2.24) is 18.7 Å². The van der Waals surface area contributed by atoms with Gasteiger partial charge in [0, 0.05) is 13.6 Å². The highest BCUT2D eigenvalue weighted by molar-refractivity contribution is 5.70. The highest BCUT2D eigenvalue weighted by atomic mass is 16.5. The van der Waals surface area contributed by atoms with E-state index in [-0.39, 0.29) is 18.7 Å². The largest absolute Gasteiger partial charge is 0.492 e. The van der Waals surface area contributed by atoms with Gasteiger partial charge in [0.05, 0.1) is 12.9 Å². The van der Waals surface area contributed by atoms with Crippen molar-refractivity contribution in [3.8, 4) is 5.75 Å². The molecular formula is C21H20N4O3. The van der Waals surface area contributed by atoms with Crippen molar-refractivity contribution in [2.45, 2.75) is 13.1 Å². The van der Waals surface area contributed by atoms with Crippen molar-refractivity contribution in [3.05, 3.63) is 93.4 Å². The number of nitrogens with zero attached hydrogens (tertiary/aromatic N) is 4. The number of imidazole rings is 1. The number of hydrogen-bond donors (Lipinski definition) is 0. The topological polar surface area (TPSA) is 71.1 Å². The molecule has 2 aromatic heterocycles. The first kappa shape index (κ1) is 17.8. The fraction of sp³-hybridized carbons (Fsp3) is 0.190. The number of rotatable bonds is 6. The number of hydrogen-bond acceptors (Lipinski definition) is 4. The van der Waals surface area contributed by atoms with Crippen LogP contribution in [0.5, 0.6) is 5.75 Å². The molecule has 0 unspecified atom stereocenters. The molecule has 2 aromatic carbocycles. The van der Waals surface area contributed by atoms with Gasteiger partial charge < -0.3 is 9.30 Å². The van der Waals surface area contributed by atoms with E-state index in [2.05, 4.69) is 4.98 Å². The molecule has 0 spiro atoms. The van der Waals surface area contributed by atoms with E-state index in [9.17, 15) is 9.59 Å². The average molecular weight is 376 g/mol. The summed E-state index contributed by atoms with van der Waals surface area (Å²) >= 11 is 0. The first-order chi connectivity index (χ1) is 13.6. The number of aromatic nitrogens is 4. The minimum absolute atomic E-state index is 0.160. The molecule has 0 saturated heterocycles. The van der Waals surface area contributed by atoms with Crippen LogP contribution in [-0.2, 0) is 20.1 Å². The summed E-state index contributed by atoms with van der Waals surface area (Å²) < 4.78 is 10.0. The van der Waals surface area contributed by atoms with Gasteiger partial charge in [-0.05, 0) is 17.7 Å². The predicted octanol–water partition coefficient (Wildman–Crippen LogP) is 2.02. The van der Waals surface area contributed by atoms with Crippen LogP contribution in [0.2, 0.25) is 0 Å². The lowest BCUT2D eigenvalue weighted by molar-refractivity contribution is 0.292. The summed E-state index contributed by atoms with van der Waals surface area (Å²) in [7, 11) is 1.62. The maximum atomic E-state index is 13.0. The second-order valence-corrected chi connectivity index (χ2v) is 6.49. The molecule has 7 nitrogen and oxygen atoms in total. The Bertz CT molecular complexity index is 1210. The van der Waals surface area contributed by atoms with E-state index in [0.29, 0.717) is 23.5 Å². The van der Waals surface area contributed by atoms with Crippen LogP contribution in [-0.4, -0.2) is 25.3 Å². The molecule has 4 rings (SSSR count). The molecule has 7 heteroatoms. The Balaban J connectivity index is 1.68. The van der Waals surface area contributed by atoms with Gasteiger partial charge in [-0.25, -0.2) is 9.78 Å². The van der Waals surface area contributed by atoms with Gasteiger partial charge in [-0.15, -0.1) is 0 Å². The Hall–Kier alpha value is -3.61. The zero-order valence-corrected chi connectivity index (χ0v) is 15.5. The molecule has 0 radical (unpaired) electrons. The molecular weight excluding hydrogens is 356 g/mol. The number of para-hydroxylation sites is 1. The third kappa shape index (κ3) is 3.34. The Morgan fingerprint density at radius 3 is 2.36 bits per heavy atom. The molecule has 0 bridgehead atoms. The van der Waals surface area contributed by atoms with Crippen LogP contribution in [0.1, 0.15) is 5.56 Å². The standard InChI is InChI=1S/C21H20N4O3/c1-23-19-18(24(15-22-19)14-16-8-4-2-5-9-16)20(26)25(21(23)27)12-13-28-17-10-6-3-7-11-17/h2-11,15H,12-14H2,1H3. The van der Waals surface area contributed by atoms with Crippen LogP contribution in [0.25, 0.3) is 11.2 Å². The fourth-order valence-electron chi connectivity index (χ4n) is 3.19. The lowest BCUT2D eigenvalue weighted by Gasteiger charge is -2.11. The lowest BCUT2D eigenvalue weighted by Crippen LogP contribution is -2.40. The van der Waals surface area contributed by atoms with E-state index >= 15 is 0 Å². The zero-order valence-electron chi connectivity index (χ0n) is 15.5. The van der Waals surface area contributed by atoms with Gasteiger partial charge in [0.2, 0.25) is 0 Å². The van der Waals surface area contributed by atoms with Gasteiger partial charge in [-0.2, -0.15) is 0 Å². The van der Waals surface area contributed by atoms with E-state index in [4.69, 9.17) is 4.74 Å². The normalized spacial score (nSPS) is 11.0. The SMILES string of the molecule is Cn1c(=O)n(CCOc2ccccc2)c(=O)c2c1ncn2Cc1ccccc1. The average Bonchev–Trinajstić information content (AvgIpc) is 3.14. The van der Waals surface area contributed by atoms with Gasteiger partial charge in [-0.3, -0.25) is 13.9 Å². The number of ether oxygens (including phenoxy) is 1. The summed E-state index contributed by atoms with van der Waals surface area (Å²) in [5, 5.41) is 0. The molecule has 28 heavy (non-hydrogen) atoms. The van der Waals surface area contributed by atoms with Gasteiger partial charge in [-0.1, -0.05) is 48.5 Å². The van der Waals surface area contributed by atoms with E-state index in [1.54, 1.807) is 17.9 Å². The minimum Gasteiger partial charge on any atom is -0.492 e. The predicted molar refractivity (Wildman–Crippen MR) is 107 cm³/mol. The van der Waals surface area contributed by atoms with Gasteiger partial charge in [0.25, 0.3) is 5.56 Å². The van der Waals surface area contributed by atoms with Crippen molar-refractivity contribution in [2.75, 3.05) is 6.61 Å². The van der Waals surface area contributed by atoms with Crippen molar-refractivity contribution in [3.63, 3.8) is 0 Å². The van der Waals surface area contributed by atoms with E-state index in [1.165, 1.54) is 9.13 Å². The smallest absolute Gasteiger partial charge is 0.332 e. The van der Waals surface area contributed by atoms with Crippen molar-refractivity contribution in [1.29, 1.82) is 0 Å². The molecule has 0 amide bonds. The summed E-state index contributed by atoms with van der Waals surface area (Å²) in [5.41, 5.74) is 1.08.